The van der Waals surface area contributed by atoms with Gasteiger partial charge in [-0.15, -0.1) is 11.8 Å². The number of benzene rings is 2. The highest BCUT2D eigenvalue weighted by Gasteiger charge is 2.23. The lowest BCUT2D eigenvalue weighted by molar-refractivity contribution is 0.0938. The molecule has 0 fully saturated rings. The van der Waals surface area contributed by atoms with E-state index in [1.54, 1.807) is 47.1 Å². The van der Waals surface area contributed by atoms with E-state index < -0.39 is 0 Å². The fourth-order valence-electron chi connectivity index (χ4n) is 3.57. The van der Waals surface area contributed by atoms with Crippen molar-refractivity contribution in [1.29, 1.82) is 0 Å². The van der Waals surface area contributed by atoms with Gasteiger partial charge in [0.05, 0.1) is 5.69 Å². The van der Waals surface area contributed by atoms with Crippen molar-refractivity contribution in [3.8, 4) is 0 Å². The lowest BCUT2D eigenvalue weighted by Crippen LogP contribution is -2.38. The Bertz CT molecular complexity index is 1070. The highest BCUT2D eigenvalue weighted by molar-refractivity contribution is 7.99. The van der Waals surface area contributed by atoms with Gasteiger partial charge >= 0.3 is 6.03 Å². The zero-order valence-electron chi connectivity index (χ0n) is 18.0. The van der Waals surface area contributed by atoms with Crippen LogP contribution in [0.5, 0.6) is 0 Å². The van der Waals surface area contributed by atoms with Crippen LogP contribution in [0.2, 0.25) is 0 Å². The van der Waals surface area contributed by atoms with Gasteiger partial charge in [-0.05, 0) is 61.7 Å². The summed E-state index contributed by atoms with van der Waals surface area (Å²) < 4.78 is 0. The van der Waals surface area contributed by atoms with E-state index >= 15 is 0 Å². The molecule has 3 amide bonds. The van der Waals surface area contributed by atoms with Gasteiger partial charge in [-0.1, -0.05) is 30.3 Å². The van der Waals surface area contributed by atoms with Crippen LogP contribution in [0.3, 0.4) is 0 Å². The number of urea groups is 1. The van der Waals surface area contributed by atoms with Gasteiger partial charge in [0.25, 0.3) is 5.91 Å². The van der Waals surface area contributed by atoms with E-state index in [2.05, 4.69) is 27.8 Å². The number of rotatable bonds is 6. The molecule has 4 rings (SSSR count). The summed E-state index contributed by atoms with van der Waals surface area (Å²) in [6.45, 7) is 2.63. The number of carbonyl (C=O) groups excluding carboxylic acids is 2. The van der Waals surface area contributed by atoms with Crippen LogP contribution >= 0.6 is 11.8 Å². The summed E-state index contributed by atoms with van der Waals surface area (Å²) >= 11 is 1.65. The minimum Gasteiger partial charge on any atom is -0.350 e. The molecule has 1 atom stereocenters. The van der Waals surface area contributed by atoms with Gasteiger partial charge in [-0.2, -0.15) is 0 Å². The van der Waals surface area contributed by atoms with E-state index in [1.807, 2.05) is 37.3 Å². The van der Waals surface area contributed by atoms with E-state index in [-0.39, 0.29) is 18.0 Å². The summed E-state index contributed by atoms with van der Waals surface area (Å²) in [7, 11) is 0. The monoisotopic (exact) mass is 446 g/mol. The molecule has 2 aromatic carbocycles. The Labute approximate surface area is 192 Å². The molecule has 0 radical (unpaired) electrons. The molecular formula is C25H26N4O2S. The van der Waals surface area contributed by atoms with Crippen molar-refractivity contribution < 1.29 is 9.59 Å². The standard InChI is InChI=1S/C25H26N4O2S/c1-18(9-10-19-6-3-2-4-7-19)27-23(30)20-11-13-21(14-12-20)28-25(31)29-16-17-32-24-22(29)8-5-15-26-24/h2-8,11-15,18H,9-10,16-17H2,1H3,(H,27,30)(H,28,31). The zero-order valence-corrected chi connectivity index (χ0v) is 18.8. The van der Waals surface area contributed by atoms with Crippen LogP contribution in [0.15, 0.2) is 78.0 Å². The first-order valence-electron chi connectivity index (χ1n) is 10.7. The van der Waals surface area contributed by atoms with Gasteiger partial charge in [0.2, 0.25) is 0 Å². The quantitative estimate of drug-likeness (QED) is 0.560. The second-order valence-electron chi connectivity index (χ2n) is 7.73. The molecule has 7 heteroatoms. The molecule has 1 aromatic heterocycles. The Balaban J connectivity index is 1.31. The van der Waals surface area contributed by atoms with Crippen LogP contribution in [-0.4, -0.2) is 35.3 Å². The number of hydrogen-bond donors (Lipinski definition) is 2. The molecule has 164 valence electrons. The van der Waals surface area contributed by atoms with Gasteiger partial charge in [-0.3, -0.25) is 9.69 Å². The third-order valence-corrected chi connectivity index (χ3v) is 6.30. The average Bonchev–Trinajstić information content (AvgIpc) is 2.83. The number of nitrogens with one attached hydrogen (secondary N) is 2. The molecule has 0 bridgehead atoms. The number of anilines is 2. The number of hydrogen-bond acceptors (Lipinski definition) is 4. The molecule has 0 saturated carbocycles. The van der Waals surface area contributed by atoms with Crippen LogP contribution in [0.1, 0.15) is 29.3 Å². The predicted molar refractivity (Wildman–Crippen MR) is 129 cm³/mol. The molecule has 0 aliphatic carbocycles. The fourth-order valence-corrected chi connectivity index (χ4v) is 4.50. The molecule has 3 aromatic rings. The minimum absolute atomic E-state index is 0.0627. The molecule has 1 aliphatic heterocycles. The van der Waals surface area contributed by atoms with E-state index in [9.17, 15) is 9.59 Å². The number of thioether (sulfide) groups is 1. The van der Waals surface area contributed by atoms with E-state index in [0.29, 0.717) is 17.8 Å². The number of aromatic nitrogens is 1. The van der Waals surface area contributed by atoms with Gasteiger partial charge in [0.15, 0.2) is 0 Å². The topological polar surface area (TPSA) is 74.3 Å². The Morgan fingerprint density at radius 2 is 1.84 bits per heavy atom. The maximum atomic E-state index is 12.8. The van der Waals surface area contributed by atoms with Crippen molar-refractivity contribution in [2.24, 2.45) is 0 Å². The normalized spacial score (nSPS) is 13.7. The van der Waals surface area contributed by atoms with E-state index in [1.165, 1.54) is 5.56 Å². The molecule has 1 unspecified atom stereocenters. The lowest BCUT2D eigenvalue weighted by atomic mass is 10.1. The van der Waals surface area contributed by atoms with Crippen LogP contribution < -0.4 is 15.5 Å². The van der Waals surface area contributed by atoms with Crippen LogP contribution in [0.25, 0.3) is 0 Å². The van der Waals surface area contributed by atoms with Crippen molar-refractivity contribution in [1.82, 2.24) is 10.3 Å². The Kier molecular flexibility index (Phi) is 7.07. The number of aryl methyl sites for hydroxylation is 1. The molecule has 2 heterocycles. The van der Waals surface area contributed by atoms with Crippen molar-refractivity contribution in [2.45, 2.75) is 30.8 Å². The van der Waals surface area contributed by atoms with Gasteiger partial charge < -0.3 is 10.6 Å². The van der Waals surface area contributed by atoms with Gasteiger partial charge in [0.1, 0.15) is 5.03 Å². The maximum Gasteiger partial charge on any atom is 0.326 e. The van der Waals surface area contributed by atoms with Crippen molar-refractivity contribution >= 4 is 35.1 Å². The summed E-state index contributed by atoms with van der Waals surface area (Å²) in [6.07, 6.45) is 3.52. The van der Waals surface area contributed by atoms with Crippen molar-refractivity contribution in [3.63, 3.8) is 0 Å². The molecule has 1 aliphatic rings. The smallest absolute Gasteiger partial charge is 0.326 e. The second-order valence-corrected chi connectivity index (χ2v) is 8.82. The molecule has 2 N–H and O–H groups in total. The summed E-state index contributed by atoms with van der Waals surface area (Å²) in [6, 6.07) is 20.8. The molecular weight excluding hydrogens is 420 g/mol. The highest BCUT2D eigenvalue weighted by Crippen LogP contribution is 2.32. The molecule has 32 heavy (non-hydrogen) atoms. The van der Waals surface area contributed by atoms with Crippen LogP contribution in [0, 0.1) is 0 Å². The first-order chi connectivity index (χ1) is 15.6. The van der Waals surface area contributed by atoms with Crippen LogP contribution in [-0.2, 0) is 6.42 Å². The summed E-state index contributed by atoms with van der Waals surface area (Å²) in [5.74, 6) is 0.690. The van der Waals surface area contributed by atoms with E-state index in [4.69, 9.17) is 0 Å². The number of amides is 3. The van der Waals surface area contributed by atoms with Crippen molar-refractivity contribution in [2.75, 3.05) is 22.5 Å². The lowest BCUT2D eigenvalue weighted by Gasteiger charge is -2.28. The Morgan fingerprint density at radius 3 is 2.62 bits per heavy atom. The van der Waals surface area contributed by atoms with Gasteiger partial charge in [-0.25, -0.2) is 9.78 Å². The number of carbonyl (C=O) groups is 2. The number of nitrogens with zero attached hydrogens (tertiary/aromatic N) is 2. The Morgan fingerprint density at radius 1 is 1.06 bits per heavy atom. The molecule has 6 nitrogen and oxygen atoms in total. The van der Waals surface area contributed by atoms with Crippen molar-refractivity contribution in [3.05, 3.63) is 84.1 Å². The van der Waals surface area contributed by atoms with Gasteiger partial charge in [0, 0.05) is 35.8 Å². The summed E-state index contributed by atoms with van der Waals surface area (Å²) in [5, 5.41) is 6.82. The third-order valence-electron chi connectivity index (χ3n) is 5.33. The largest absolute Gasteiger partial charge is 0.350 e. The predicted octanol–water partition coefficient (Wildman–Crippen LogP) is 4.98. The summed E-state index contributed by atoms with van der Waals surface area (Å²) in [4.78, 5) is 31.4. The zero-order chi connectivity index (χ0) is 22.3. The second kappa shape index (κ2) is 10.3. The first-order valence-corrected chi connectivity index (χ1v) is 11.7. The third kappa shape index (κ3) is 5.48. The number of pyridine rings is 1. The molecule has 0 spiro atoms. The highest BCUT2D eigenvalue weighted by atomic mass is 32.2. The number of fused-ring (bicyclic) bond motifs is 1. The SMILES string of the molecule is CC(CCc1ccccc1)NC(=O)c1ccc(NC(=O)N2CCSc3ncccc32)cc1. The summed E-state index contributed by atoms with van der Waals surface area (Å²) in [5.41, 5.74) is 3.30. The first kappa shape index (κ1) is 21.9. The molecule has 0 saturated heterocycles. The Hall–Kier alpha value is -3.32. The average molecular weight is 447 g/mol. The van der Waals surface area contributed by atoms with Crippen LogP contribution in [0.4, 0.5) is 16.2 Å². The minimum atomic E-state index is -0.203. The fraction of sp³-hybridized carbons (Fsp3) is 0.240. The maximum absolute atomic E-state index is 12.8. The van der Waals surface area contributed by atoms with E-state index in [0.717, 1.165) is 29.3 Å².